The molecule has 1 heterocycles. The maximum atomic E-state index is 13.0. The smallest absolute Gasteiger partial charge is 0.416 e. The van der Waals surface area contributed by atoms with Gasteiger partial charge in [0.05, 0.1) is 27.7 Å². The molecule has 12 heteroatoms. The molecule has 1 aliphatic rings. The van der Waals surface area contributed by atoms with Gasteiger partial charge in [-0.05, 0) is 69.7 Å². The van der Waals surface area contributed by atoms with E-state index in [1.807, 2.05) is 0 Å². The number of rotatable bonds is 5. The largest absolute Gasteiger partial charge is 0.507 e. The maximum absolute atomic E-state index is 13.0. The Balaban J connectivity index is 1.75. The van der Waals surface area contributed by atoms with E-state index in [0.717, 1.165) is 12.1 Å². The van der Waals surface area contributed by atoms with Crippen LogP contribution >= 0.6 is 27.7 Å². The number of alkyl halides is 3. The monoisotopic (exact) mass is 530 g/mol. The van der Waals surface area contributed by atoms with E-state index in [4.69, 9.17) is 4.74 Å². The molecule has 2 aromatic carbocycles. The molecule has 0 unspecified atom stereocenters. The lowest BCUT2D eigenvalue weighted by Gasteiger charge is -2.16. The average molecular weight is 531 g/mol. The van der Waals surface area contributed by atoms with Gasteiger partial charge in [0.15, 0.2) is 0 Å². The number of halogens is 4. The lowest BCUT2D eigenvalue weighted by atomic mass is 10.1. The van der Waals surface area contributed by atoms with Gasteiger partial charge in [0, 0.05) is 0 Å². The minimum Gasteiger partial charge on any atom is -0.507 e. The highest BCUT2D eigenvalue weighted by molar-refractivity contribution is 9.10. The fourth-order valence-electron chi connectivity index (χ4n) is 2.72. The van der Waals surface area contributed by atoms with Crippen LogP contribution in [0.1, 0.15) is 11.1 Å². The summed E-state index contributed by atoms with van der Waals surface area (Å²) in [6, 6.07) is 7.02. The van der Waals surface area contributed by atoms with Crippen LogP contribution in [0.5, 0.6) is 11.5 Å². The van der Waals surface area contributed by atoms with Crippen molar-refractivity contribution in [1.82, 2.24) is 4.90 Å². The number of methoxy groups -OCH3 is 1. The Kier molecular flexibility index (Phi) is 6.84. The number of nitrogens with one attached hydrogen (secondary N) is 1. The third-order valence-corrected chi connectivity index (χ3v) is 5.79. The van der Waals surface area contributed by atoms with Crippen molar-refractivity contribution in [2.24, 2.45) is 0 Å². The van der Waals surface area contributed by atoms with E-state index in [1.54, 1.807) is 0 Å². The highest BCUT2D eigenvalue weighted by Gasteiger charge is 2.37. The lowest BCUT2D eigenvalue weighted by Crippen LogP contribution is -2.36. The summed E-state index contributed by atoms with van der Waals surface area (Å²) in [7, 11) is 1.22. The number of aromatic hydroxyl groups is 1. The van der Waals surface area contributed by atoms with Crippen molar-refractivity contribution in [2.75, 3.05) is 19.0 Å². The predicted octanol–water partition coefficient (Wildman–Crippen LogP) is 4.86. The number of nitrogens with zero attached hydrogens (tertiary/aromatic N) is 1. The fraction of sp³-hybridized carbons (Fsp3) is 0.150. The Bertz CT molecular complexity index is 1140. The molecule has 0 spiro atoms. The minimum absolute atomic E-state index is 0.00283. The molecule has 0 atom stereocenters. The van der Waals surface area contributed by atoms with Gasteiger partial charge in [0.2, 0.25) is 5.91 Å². The molecule has 0 aliphatic carbocycles. The summed E-state index contributed by atoms with van der Waals surface area (Å²) in [5.41, 5.74) is -0.718. The van der Waals surface area contributed by atoms with E-state index in [9.17, 15) is 32.7 Å². The van der Waals surface area contributed by atoms with Crippen molar-refractivity contribution in [3.8, 4) is 11.5 Å². The zero-order chi connectivity index (χ0) is 23.6. The van der Waals surface area contributed by atoms with Crippen LogP contribution in [0.4, 0.5) is 23.7 Å². The second-order valence-electron chi connectivity index (χ2n) is 6.44. The molecular formula is C20H14BrF3N2O5S. The third-order valence-electron chi connectivity index (χ3n) is 4.25. The molecule has 2 N–H and O–H groups in total. The van der Waals surface area contributed by atoms with Gasteiger partial charge < -0.3 is 15.2 Å². The second-order valence-corrected chi connectivity index (χ2v) is 8.29. The molecule has 0 bridgehead atoms. The molecule has 168 valence electrons. The highest BCUT2D eigenvalue weighted by Crippen LogP contribution is 2.36. The highest BCUT2D eigenvalue weighted by atomic mass is 79.9. The first-order valence-electron chi connectivity index (χ1n) is 8.78. The third kappa shape index (κ3) is 5.25. The van der Waals surface area contributed by atoms with Crippen LogP contribution in [-0.4, -0.2) is 40.7 Å². The topological polar surface area (TPSA) is 95.9 Å². The number of carbonyl (C=O) groups excluding carboxylic acids is 3. The molecule has 2 aromatic rings. The first-order chi connectivity index (χ1) is 15.0. The van der Waals surface area contributed by atoms with Crippen molar-refractivity contribution in [3.63, 3.8) is 0 Å². The number of thioether (sulfide) groups is 1. The van der Waals surface area contributed by atoms with E-state index in [0.29, 0.717) is 32.8 Å². The summed E-state index contributed by atoms with van der Waals surface area (Å²) in [6.07, 6.45) is -3.21. The standard InChI is InChI=1S/C20H14BrF3N2O5S/c1-31-15-5-3-11(20(22,23)24)8-13(15)25-17(28)9-26-18(29)16(32-19(26)30)7-10-2-4-14(27)12(21)6-10/h2-8,27H,9H2,1H3,(H,25,28)/b16-7-. The summed E-state index contributed by atoms with van der Waals surface area (Å²) in [6.45, 7) is -0.694. The number of imide groups is 1. The summed E-state index contributed by atoms with van der Waals surface area (Å²) < 4.78 is 44.2. The first-order valence-corrected chi connectivity index (χ1v) is 10.4. The lowest BCUT2D eigenvalue weighted by molar-refractivity contribution is -0.137. The molecule has 1 saturated heterocycles. The molecule has 32 heavy (non-hydrogen) atoms. The van der Waals surface area contributed by atoms with Crippen molar-refractivity contribution in [2.45, 2.75) is 6.18 Å². The van der Waals surface area contributed by atoms with E-state index in [2.05, 4.69) is 21.2 Å². The summed E-state index contributed by atoms with van der Waals surface area (Å²) in [4.78, 5) is 37.9. The Hall–Kier alpha value is -2.99. The number of anilines is 1. The number of ether oxygens (including phenoxy) is 1. The van der Waals surface area contributed by atoms with E-state index < -0.39 is 35.3 Å². The maximum Gasteiger partial charge on any atom is 0.416 e. The predicted molar refractivity (Wildman–Crippen MR) is 115 cm³/mol. The van der Waals surface area contributed by atoms with Crippen LogP contribution in [0.3, 0.4) is 0 Å². The van der Waals surface area contributed by atoms with Crippen molar-refractivity contribution in [1.29, 1.82) is 0 Å². The molecule has 3 amide bonds. The number of hydrogen-bond donors (Lipinski definition) is 2. The number of carbonyl (C=O) groups is 3. The molecule has 1 aliphatic heterocycles. The second kappa shape index (κ2) is 9.25. The van der Waals surface area contributed by atoms with Crippen molar-refractivity contribution < 1.29 is 37.4 Å². The Morgan fingerprint density at radius 1 is 1.25 bits per heavy atom. The quantitative estimate of drug-likeness (QED) is 0.536. The van der Waals surface area contributed by atoms with Crippen LogP contribution in [0.25, 0.3) is 6.08 Å². The van der Waals surface area contributed by atoms with Crippen molar-refractivity contribution in [3.05, 3.63) is 56.9 Å². The molecular weight excluding hydrogens is 517 g/mol. The van der Waals surface area contributed by atoms with E-state index >= 15 is 0 Å². The fourth-order valence-corrected chi connectivity index (χ4v) is 3.95. The Morgan fingerprint density at radius 2 is 1.97 bits per heavy atom. The van der Waals surface area contributed by atoms with Gasteiger partial charge in [-0.25, -0.2) is 0 Å². The Morgan fingerprint density at radius 3 is 2.59 bits per heavy atom. The number of hydrogen-bond acceptors (Lipinski definition) is 6. The molecule has 0 aromatic heterocycles. The Labute approximate surface area is 192 Å². The first kappa shape index (κ1) is 23.7. The van der Waals surface area contributed by atoms with Gasteiger partial charge in [-0.3, -0.25) is 19.3 Å². The van der Waals surface area contributed by atoms with Gasteiger partial charge in [0.25, 0.3) is 11.1 Å². The molecule has 7 nitrogen and oxygen atoms in total. The zero-order valence-electron chi connectivity index (χ0n) is 16.2. The van der Waals surface area contributed by atoms with E-state index in [-0.39, 0.29) is 22.1 Å². The van der Waals surface area contributed by atoms with Crippen molar-refractivity contribution >= 4 is 56.5 Å². The summed E-state index contributed by atoms with van der Waals surface area (Å²) in [5, 5.41) is 11.1. The van der Waals surface area contributed by atoms with Crippen LogP contribution in [-0.2, 0) is 15.8 Å². The van der Waals surface area contributed by atoms with Gasteiger partial charge in [-0.15, -0.1) is 0 Å². The SMILES string of the molecule is COc1ccc(C(F)(F)F)cc1NC(=O)CN1C(=O)S/C(=C\c2ccc(O)c(Br)c2)C1=O. The van der Waals surface area contributed by atoms with Gasteiger partial charge in [-0.1, -0.05) is 6.07 Å². The zero-order valence-corrected chi connectivity index (χ0v) is 18.6. The van der Waals surface area contributed by atoms with Crippen LogP contribution in [0, 0.1) is 0 Å². The minimum atomic E-state index is -4.63. The molecule has 0 radical (unpaired) electrons. The van der Waals surface area contributed by atoms with Crippen LogP contribution < -0.4 is 10.1 Å². The van der Waals surface area contributed by atoms with Crippen LogP contribution in [0.15, 0.2) is 45.8 Å². The normalized spacial score (nSPS) is 15.4. The van der Waals surface area contributed by atoms with Gasteiger partial charge >= 0.3 is 6.18 Å². The molecule has 0 saturated carbocycles. The van der Waals surface area contributed by atoms with Crippen LogP contribution in [0.2, 0.25) is 0 Å². The summed E-state index contributed by atoms with van der Waals surface area (Å²) >= 11 is 3.76. The number of phenolic OH excluding ortho intramolecular Hbond substituents is 1. The van der Waals surface area contributed by atoms with Gasteiger partial charge in [-0.2, -0.15) is 13.2 Å². The molecule has 1 fully saturated rings. The number of phenols is 1. The molecule has 3 rings (SSSR count). The van der Waals surface area contributed by atoms with Gasteiger partial charge in [0.1, 0.15) is 18.0 Å². The summed E-state index contributed by atoms with van der Waals surface area (Å²) in [5.74, 6) is -1.62. The van der Waals surface area contributed by atoms with E-state index in [1.165, 1.54) is 31.4 Å². The number of benzene rings is 2. The number of amides is 3. The average Bonchev–Trinajstić information content (AvgIpc) is 2.97.